The monoisotopic (exact) mass is 360 g/mol. The van der Waals surface area contributed by atoms with Crippen molar-refractivity contribution < 1.29 is 4.79 Å². The van der Waals surface area contributed by atoms with E-state index in [0.717, 1.165) is 49.0 Å². The highest BCUT2D eigenvalue weighted by molar-refractivity contribution is 7.09. The highest BCUT2D eigenvalue weighted by Crippen LogP contribution is 2.16. The predicted octanol–water partition coefficient (Wildman–Crippen LogP) is 2.31. The van der Waals surface area contributed by atoms with Crippen LogP contribution in [0.3, 0.4) is 0 Å². The number of aromatic nitrogens is 3. The van der Waals surface area contributed by atoms with E-state index in [-0.39, 0.29) is 12.1 Å². The SMILES string of the molecule is CCc1nc(CN(C)C(=O)NC2CCCN(c3ncccn3)C2)cs1. The van der Waals surface area contributed by atoms with Gasteiger partial charge in [0.05, 0.1) is 17.2 Å². The summed E-state index contributed by atoms with van der Waals surface area (Å²) in [7, 11) is 1.81. The average Bonchev–Trinajstić information content (AvgIpc) is 3.10. The van der Waals surface area contributed by atoms with Crippen LogP contribution in [0.5, 0.6) is 0 Å². The zero-order chi connectivity index (χ0) is 17.6. The van der Waals surface area contributed by atoms with Crippen LogP contribution in [0.4, 0.5) is 10.7 Å². The smallest absolute Gasteiger partial charge is 0.317 e. The third kappa shape index (κ3) is 4.66. The summed E-state index contributed by atoms with van der Waals surface area (Å²) in [6, 6.07) is 1.85. The van der Waals surface area contributed by atoms with Gasteiger partial charge in [0.15, 0.2) is 0 Å². The number of anilines is 1. The van der Waals surface area contributed by atoms with Gasteiger partial charge in [0.25, 0.3) is 0 Å². The fraction of sp³-hybridized carbons (Fsp3) is 0.529. The van der Waals surface area contributed by atoms with Gasteiger partial charge in [-0.2, -0.15) is 0 Å². The minimum atomic E-state index is -0.0631. The minimum absolute atomic E-state index is 0.0631. The molecular weight excluding hydrogens is 336 g/mol. The van der Waals surface area contributed by atoms with Crippen LogP contribution in [0.1, 0.15) is 30.5 Å². The van der Waals surface area contributed by atoms with Gasteiger partial charge >= 0.3 is 6.03 Å². The summed E-state index contributed by atoms with van der Waals surface area (Å²) in [4.78, 5) is 29.4. The number of nitrogens with one attached hydrogen (secondary N) is 1. The molecule has 7 nitrogen and oxygen atoms in total. The van der Waals surface area contributed by atoms with E-state index < -0.39 is 0 Å². The lowest BCUT2D eigenvalue weighted by Gasteiger charge is -2.33. The van der Waals surface area contributed by atoms with Crippen molar-refractivity contribution >= 4 is 23.3 Å². The molecule has 3 rings (SSSR count). The van der Waals surface area contributed by atoms with Gasteiger partial charge in [-0.05, 0) is 25.3 Å². The number of piperidine rings is 1. The molecule has 0 spiro atoms. The van der Waals surface area contributed by atoms with Crippen LogP contribution >= 0.6 is 11.3 Å². The van der Waals surface area contributed by atoms with E-state index >= 15 is 0 Å². The molecule has 0 saturated carbocycles. The van der Waals surface area contributed by atoms with E-state index in [0.29, 0.717) is 6.54 Å². The van der Waals surface area contributed by atoms with Gasteiger partial charge in [0.1, 0.15) is 0 Å². The molecule has 0 radical (unpaired) electrons. The van der Waals surface area contributed by atoms with Crippen LogP contribution in [0, 0.1) is 0 Å². The lowest BCUT2D eigenvalue weighted by molar-refractivity contribution is 0.200. The zero-order valence-electron chi connectivity index (χ0n) is 14.7. The third-order valence-electron chi connectivity index (χ3n) is 4.23. The molecule has 1 saturated heterocycles. The molecule has 1 atom stereocenters. The van der Waals surface area contributed by atoms with Crippen LogP contribution in [0.25, 0.3) is 0 Å². The summed E-state index contributed by atoms with van der Waals surface area (Å²) >= 11 is 1.65. The molecule has 8 heteroatoms. The molecule has 0 aromatic carbocycles. The fourth-order valence-electron chi connectivity index (χ4n) is 2.91. The van der Waals surface area contributed by atoms with E-state index in [1.165, 1.54) is 0 Å². The molecule has 2 aromatic rings. The Bertz CT molecular complexity index is 691. The normalized spacial score (nSPS) is 17.4. The molecule has 2 aromatic heterocycles. The molecule has 25 heavy (non-hydrogen) atoms. The molecule has 3 heterocycles. The van der Waals surface area contributed by atoms with E-state index in [9.17, 15) is 4.79 Å². The molecular formula is C17H24N6OS. The van der Waals surface area contributed by atoms with Gasteiger partial charge in [-0.1, -0.05) is 6.92 Å². The number of aryl methyl sites for hydroxylation is 1. The summed E-state index contributed by atoms with van der Waals surface area (Å²) in [5, 5.41) is 6.26. The summed E-state index contributed by atoms with van der Waals surface area (Å²) < 4.78 is 0. The van der Waals surface area contributed by atoms with Gasteiger partial charge in [0.2, 0.25) is 5.95 Å². The molecule has 1 aliphatic heterocycles. The minimum Gasteiger partial charge on any atom is -0.339 e. The van der Waals surface area contributed by atoms with Crippen molar-refractivity contribution in [2.75, 3.05) is 25.0 Å². The molecule has 0 bridgehead atoms. The second-order valence-corrected chi connectivity index (χ2v) is 7.17. The van der Waals surface area contributed by atoms with E-state index in [1.54, 1.807) is 35.7 Å². The predicted molar refractivity (Wildman–Crippen MR) is 98.8 cm³/mol. The second-order valence-electron chi connectivity index (χ2n) is 6.23. The number of amides is 2. The lowest BCUT2D eigenvalue weighted by atomic mass is 10.1. The summed E-state index contributed by atoms with van der Waals surface area (Å²) in [5.41, 5.74) is 0.947. The average molecular weight is 360 g/mol. The Labute approximate surface area is 152 Å². The van der Waals surface area contributed by atoms with E-state index in [1.807, 2.05) is 11.4 Å². The first kappa shape index (κ1) is 17.6. The fourth-order valence-corrected chi connectivity index (χ4v) is 3.65. The highest BCUT2D eigenvalue weighted by atomic mass is 32.1. The van der Waals surface area contributed by atoms with Crippen LogP contribution in [-0.4, -0.2) is 52.1 Å². The van der Waals surface area contributed by atoms with Gasteiger partial charge in [0, 0.05) is 44.0 Å². The van der Waals surface area contributed by atoms with Gasteiger partial charge in [-0.25, -0.2) is 19.7 Å². The van der Waals surface area contributed by atoms with Crippen molar-refractivity contribution in [3.05, 3.63) is 34.5 Å². The zero-order valence-corrected chi connectivity index (χ0v) is 15.5. The van der Waals surface area contributed by atoms with E-state index in [2.05, 4.69) is 32.1 Å². The topological polar surface area (TPSA) is 74.2 Å². The maximum absolute atomic E-state index is 12.5. The summed E-state index contributed by atoms with van der Waals surface area (Å²) in [6.07, 6.45) is 6.41. The lowest BCUT2D eigenvalue weighted by Crippen LogP contribution is -2.51. The Morgan fingerprint density at radius 1 is 1.44 bits per heavy atom. The summed E-state index contributed by atoms with van der Waals surface area (Å²) in [6.45, 7) is 4.27. The quantitative estimate of drug-likeness (QED) is 0.886. The maximum Gasteiger partial charge on any atom is 0.317 e. The standard InChI is InChI=1S/C17H24N6OS/c1-3-15-20-14(12-25-15)10-22(2)17(24)21-13-6-4-9-23(11-13)16-18-7-5-8-19-16/h5,7-8,12-13H,3-4,6,9-11H2,1-2H3,(H,21,24). The molecule has 0 aliphatic carbocycles. The van der Waals surface area contributed by atoms with Crippen molar-refractivity contribution in [1.29, 1.82) is 0 Å². The number of carbonyl (C=O) groups excluding carboxylic acids is 1. The first-order chi connectivity index (χ1) is 12.2. The van der Waals surface area contributed by atoms with E-state index in [4.69, 9.17) is 0 Å². The highest BCUT2D eigenvalue weighted by Gasteiger charge is 2.24. The first-order valence-electron chi connectivity index (χ1n) is 8.62. The Balaban J connectivity index is 1.53. The molecule has 1 fully saturated rings. The molecule has 2 amide bonds. The number of carbonyl (C=O) groups is 1. The van der Waals surface area contributed by atoms with Crippen molar-refractivity contribution in [1.82, 2.24) is 25.2 Å². The second kappa shape index (κ2) is 8.24. The Morgan fingerprint density at radius 3 is 2.96 bits per heavy atom. The summed E-state index contributed by atoms with van der Waals surface area (Å²) in [5.74, 6) is 0.726. The largest absolute Gasteiger partial charge is 0.339 e. The number of urea groups is 1. The Kier molecular flexibility index (Phi) is 5.80. The van der Waals surface area contributed by atoms with Crippen LogP contribution in [0.2, 0.25) is 0 Å². The number of hydrogen-bond donors (Lipinski definition) is 1. The van der Waals surface area contributed by atoms with Gasteiger partial charge < -0.3 is 15.1 Å². The Hall–Kier alpha value is -2.22. The van der Waals surface area contributed by atoms with Gasteiger partial charge in [-0.3, -0.25) is 0 Å². The Morgan fingerprint density at radius 2 is 2.24 bits per heavy atom. The van der Waals surface area contributed by atoms with Crippen molar-refractivity contribution in [2.24, 2.45) is 0 Å². The van der Waals surface area contributed by atoms with Crippen molar-refractivity contribution in [2.45, 2.75) is 38.8 Å². The van der Waals surface area contributed by atoms with Gasteiger partial charge in [-0.15, -0.1) is 11.3 Å². The van der Waals surface area contributed by atoms with Crippen LogP contribution < -0.4 is 10.2 Å². The molecule has 1 N–H and O–H groups in total. The maximum atomic E-state index is 12.5. The number of hydrogen-bond acceptors (Lipinski definition) is 6. The van der Waals surface area contributed by atoms with Crippen LogP contribution in [-0.2, 0) is 13.0 Å². The third-order valence-corrected chi connectivity index (χ3v) is 5.27. The van der Waals surface area contributed by atoms with Crippen molar-refractivity contribution in [3.63, 3.8) is 0 Å². The molecule has 134 valence electrons. The number of rotatable bonds is 5. The van der Waals surface area contributed by atoms with Crippen molar-refractivity contribution in [3.8, 4) is 0 Å². The van der Waals surface area contributed by atoms with Crippen LogP contribution in [0.15, 0.2) is 23.8 Å². The first-order valence-corrected chi connectivity index (χ1v) is 9.50. The number of nitrogens with zero attached hydrogens (tertiary/aromatic N) is 5. The molecule has 1 unspecified atom stereocenters. The molecule has 1 aliphatic rings. The number of thiazole rings is 1.